The first-order chi connectivity index (χ1) is 14.3. The average molecular weight is 450 g/mol. The number of benzene rings is 2. The van der Waals surface area contributed by atoms with Gasteiger partial charge in [-0.2, -0.15) is 0 Å². The Morgan fingerprint density at radius 2 is 1.87 bits per heavy atom. The Morgan fingerprint density at radius 1 is 1.17 bits per heavy atom. The second kappa shape index (κ2) is 9.73. The van der Waals surface area contributed by atoms with E-state index in [1.807, 2.05) is 18.2 Å². The van der Waals surface area contributed by atoms with E-state index in [9.17, 15) is 23.1 Å². The molecule has 2 N–H and O–H groups in total. The van der Waals surface area contributed by atoms with Crippen molar-refractivity contribution in [3.05, 3.63) is 64.2 Å². The van der Waals surface area contributed by atoms with Crippen LogP contribution in [0.2, 0.25) is 5.02 Å². The topological polar surface area (TPSA) is 101 Å². The normalized spacial score (nSPS) is 16.8. The summed E-state index contributed by atoms with van der Waals surface area (Å²) in [6, 6.07) is 11.7. The molecule has 0 spiro atoms. The lowest BCUT2D eigenvalue weighted by Gasteiger charge is -2.13. The van der Waals surface area contributed by atoms with Gasteiger partial charge in [-0.15, -0.1) is 0 Å². The van der Waals surface area contributed by atoms with Gasteiger partial charge in [-0.25, -0.2) is 13.1 Å². The van der Waals surface area contributed by atoms with E-state index in [4.69, 9.17) is 11.6 Å². The molecule has 0 amide bonds. The van der Waals surface area contributed by atoms with E-state index in [1.54, 1.807) is 0 Å². The number of aliphatic carboxylic acids is 1. The van der Waals surface area contributed by atoms with Gasteiger partial charge in [-0.1, -0.05) is 29.8 Å². The average Bonchev–Trinajstić information content (AvgIpc) is 3.12. The standard InChI is InChI=1S/C22H24ClNO5S/c23-19-6-8-20(9-7-19)30(28,29)24-14-15-11-16-4-5-17(13-18(16)12-15)21(22(26)27)3-1-2-10-25/h4-10,13,15,21,24H,1-3,11-12,14H2,(H,26,27). The van der Waals surface area contributed by atoms with Crippen LogP contribution >= 0.6 is 11.6 Å². The third-order valence-electron chi connectivity index (χ3n) is 5.45. The molecule has 0 aromatic heterocycles. The molecule has 0 aliphatic heterocycles. The maximum atomic E-state index is 12.5. The van der Waals surface area contributed by atoms with Crippen molar-refractivity contribution < 1.29 is 23.1 Å². The number of rotatable bonds is 10. The summed E-state index contributed by atoms with van der Waals surface area (Å²) in [4.78, 5) is 22.3. The number of unbranched alkanes of at least 4 members (excludes halogenated alkanes) is 1. The van der Waals surface area contributed by atoms with Gasteiger partial charge in [0.25, 0.3) is 0 Å². The Labute approximate surface area is 181 Å². The molecule has 1 aliphatic carbocycles. The minimum Gasteiger partial charge on any atom is -0.481 e. The van der Waals surface area contributed by atoms with Crippen LogP contribution in [0.25, 0.3) is 0 Å². The summed E-state index contributed by atoms with van der Waals surface area (Å²) in [6.07, 6.45) is 3.53. The molecule has 30 heavy (non-hydrogen) atoms. The van der Waals surface area contributed by atoms with Crippen LogP contribution in [0.4, 0.5) is 0 Å². The van der Waals surface area contributed by atoms with E-state index in [2.05, 4.69) is 4.72 Å². The van der Waals surface area contributed by atoms with Crippen LogP contribution in [0.5, 0.6) is 0 Å². The van der Waals surface area contributed by atoms with Crippen molar-refractivity contribution in [2.75, 3.05) is 6.54 Å². The second-order valence-corrected chi connectivity index (χ2v) is 9.80. The van der Waals surface area contributed by atoms with E-state index in [0.29, 0.717) is 37.3 Å². The number of hydrogen-bond acceptors (Lipinski definition) is 4. The van der Waals surface area contributed by atoms with Crippen LogP contribution in [0.1, 0.15) is 41.9 Å². The zero-order chi connectivity index (χ0) is 21.7. The fourth-order valence-corrected chi connectivity index (χ4v) is 5.10. The van der Waals surface area contributed by atoms with E-state index in [-0.39, 0.29) is 10.8 Å². The summed E-state index contributed by atoms with van der Waals surface area (Å²) < 4.78 is 27.6. The Balaban J connectivity index is 1.64. The highest BCUT2D eigenvalue weighted by atomic mass is 35.5. The number of hydrogen-bond donors (Lipinski definition) is 2. The van der Waals surface area contributed by atoms with Gasteiger partial charge in [-0.3, -0.25) is 4.79 Å². The number of nitrogens with one attached hydrogen (secondary N) is 1. The molecule has 0 saturated heterocycles. The monoisotopic (exact) mass is 449 g/mol. The molecule has 0 radical (unpaired) electrons. The SMILES string of the molecule is O=CCCCC(C(=O)O)c1ccc2c(c1)CC(CNS(=O)(=O)c1ccc(Cl)cc1)C2. The van der Waals surface area contributed by atoms with Crippen LogP contribution < -0.4 is 4.72 Å². The lowest BCUT2D eigenvalue weighted by atomic mass is 9.91. The predicted octanol–water partition coefficient (Wildman–Crippen LogP) is 3.57. The summed E-state index contributed by atoms with van der Waals surface area (Å²) in [5.74, 6) is -1.43. The third kappa shape index (κ3) is 5.47. The first-order valence-corrected chi connectivity index (χ1v) is 11.7. The number of sulfonamides is 1. The molecule has 2 aromatic carbocycles. The fourth-order valence-electron chi connectivity index (χ4n) is 3.85. The van der Waals surface area contributed by atoms with Crippen molar-refractivity contribution in [3.63, 3.8) is 0 Å². The van der Waals surface area contributed by atoms with Crippen molar-refractivity contribution in [1.29, 1.82) is 0 Å². The Kier molecular flexibility index (Phi) is 7.28. The van der Waals surface area contributed by atoms with Crippen LogP contribution in [-0.4, -0.2) is 32.3 Å². The summed E-state index contributed by atoms with van der Waals surface area (Å²) in [6.45, 7) is 0.302. The molecule has 0 bridgehead atoms. The van der Waals surface area contributed by atoms with Crippen molar-refractivity contribution in [2.24, 2.45) is 5.92 Å². The molecule has 2 aromatic rings. The van der Waals surface area contributed by atoms with Crippen LogP contribution in [-0.2, 0) is 32.5 Å². The highest BCUT2D eigenvalue weighted by molar-refractivity contribution is 7.89. The van der Waals surface area contributed by atoms with Gasteiger partial charge in [0.05, 0.1) is 10.8 Å². The highest BCUT2D eigenvalue weighted by Crippen LogP contribution is 2.31. The van der Waals surface area contributed by atoms with Crippen molar-refractivity contribution in [2.45, 2.75) is 42.9 Å². The molecule has 160 valence electrons. The molecule has 1 aliphatic rings. The largest absolute Gasteiger partial charge is 0.481 e. The number of carboxylic acids is 1. The minimum absolute atomic E-state index is 0.107. The molecular formula is C22H24ClNO5S. The fraction of sp³-hybridized carbons (Fsp3) is 0.364. The first kappa shape index (κ1) is 22.5. The molecular weight excluding hydrogens is 426 g/mol. The molecule has 2 unspecified atom stereocenters. The molecule has 8 heteroatoms. The number of aldehydes is 1. The molecule has 0 heterocycles. The maximum Gasteiger partial charge on any atom is 0.310 e. The second-order valence-electron chi connectivity index (χ2n) is 7.60. The smallest absolute Gasteiger partial charge is 0.310 e. The van der Waals surface area contributed by atoms with E-state index >= 15 is 0 Å². The Bertz CT molecular complexity index is 1020. The number of halogens is 1. The number of carbonyl (C=O) groups is 2. The minimum atomic E-state index is -3.61. The summed E-state index contributed by atoms with van der Waals surface area (Å²) in [5, 5.41) is 10.0. The molecule has 0 saturated carbocycles. The Morgan fingerprint density at radius 3 is 2.53 bits per heavy atom. The Hall–Kier alpha value is -2.22. The summed E-state index contributed by atoms with van der Waals surface area (Å²) >= 11 is 5.82. The molecule has 6 nitrogen and oxygen atoms in total. The van der Waals surface area contributed by atoms with Gasteiger partial charge in [0.1, 0.15) is 6.29 Å². The van der Waals surface area contributed by atoms with Crippen LogP contribution in [0.3, 0.4) is 0 Å². The van der Waals surface area contributed by atoms with Gasteiger partial charge >= 0.3 is 5.97 Å². The molecule has 3 rings (SSSR count). The zero-order valence-corrected chi connectivity index (χ0v) is 18.0. The van der Waals surface area contributed by atoms with Crippen LogP contribution in [0.15, 0.2) is 47.4 Å². The van der Waals surface area contributed by atoms with Gasteiger partial charge in [0, 0.05) is 18.0 Å². The molecule has 2 atom stereocenters. The lowest BCUT2D eigenvalue weighted by molar-refractivity contribution is -0.139. The number of carboxylic acid groups (broad SMARTS) is 1. The summed E-state index contributed by atoms with van der Waals surface area (Å²) in [5.41, 5.74) is 2.91. The van der Waals surface area contributed by atoms with Gasteiger partial charge in [0.2, 0.25) is 10.0 Å². The summed E-state index contributed by atoms with van der Waals surface area (Å²) in [7, 11) is -3.61. The zero-order valence-electron chi connectivity index (χ0n) is 16.4. The highest BCUT2D eigenvalue weighted by Gasteiger charge is 2.26. The van der Waals surface area contributed by atoms with Crippen molar-refractivity contribution in [1.82, 2.24) is 4.72 Å². The lowest BCUT2D eigenvalue weighted by Crippen LogP contribution is -2.29. The number of carbonyl (C=O) groups excluding carboxylic acids is 1. The van der Waals surface area contributed by atoms with Crippen molar-refractivity contribution >= 4 is 33.9 Å². The third-order valence-corrected chi connectivity index (χ3v) is 7.14. The van der Waals surface area contributed by atoms with Crippen LogP contribution in [0, 0.1) is 5.92 Å². The van der Waals surface area contributed by atoms with E-state index in [1.165, 1.54) is 24.3 Å². The van der Waals surface area contributed by atoms with Gasteiger partial charge < -0.3 is 9.90 Å². The number of fused-ring (bicyclic) bond motifs is 1. The predicted molar refractivity (Wildman–Crippen MR) is 114 cm³/mol. The van der Waals surface area contributed by atoms with Gasteiger partial charge in [0.15, 0.2) is 0 Å². The molecule has 0 fully saturated rings. The first-order valence-electron chi connectivity index (χ1n) is 9.83. The van der Waals surface area contributed by atoms with Crippen molar-refractivity contribution in [3.8, 4) is 0 Å². The van der Waals surface area contributed by atoms with E-state index in [0.717, 1.165) is 29.4 Å². The quantitative estimate of drug-likeness (QED) is 0.426. The van der Waals surface area contributed by atoms with E-state index < -0.39 is 21.9 Å². The van der Waals surface area contributed by atoms with Gasteiger partial charge in [-0.05, 0) is 72.6 Å². The maximum absolute atomic E-state index is 12.5.